The molecule has 0 spiro atoms. The predicted octanol–water partition coefficient (Wildman–Crippen LogP) is 2.87. The van der Waals surface area contributed by atoms with Crippen LogP contribution >= 0.6 is 0 Å². The highest BCUT2D eigenvalue weighted by Crippen LogP contribution is 2.31. The van der Waals surface area contributed by atoms with Crippen molar-refractivity contribution in [3.8, 4) is 5.75 Å². The lowest BCUT2D eigenvalue weighted by Gasteiger charge is -2.26. The number of aryl methyl sites for hydroxylation is 2. The number of ether oxygens (including phenoxy) is 1. The Kier molecular flexibility index (Phi) is 5.26. The van der Waals surface area contributed by atoms with Gasteiger partial charge < -0.3 is 15.4 Å². The third kappa shape index (κ3) is 3.62. The smallest absolute Gasteiger partial charge is 0.315 e. The lowest BCUT2D eigenvalue weighted by atomic mass is 10.0. The van der Waals surface area contributed by atoms with Gasteiger partial charge in [-0.15, -0.1) is 0 Å². The van der Waals surface area contributed by atoms with Crippen LogP contribution in [0.4, 0.5) is 4.79 Å². The summed E-state index contributed by atoms with van der Waals surface area (Å²) in [5, 5.41) is 10.6. The second-order valence-corrected chi connectivity index (χ2v) is 6.26. The minimum absolute atomic E-state index is 0.0184. The summed E-state index contributed by atoms with van der Waals surface area (Å²) >= 11 is 0. The van der Waals surface area contributed by atoms with E-state index in [1.54, 1.807) is 0 Å². The Bertz CT molecular complexity index is 754. The van der Waals surface area contributed by atoms with Crippen molar-refractivity contribution >= 4 is 6.03 Å². The lowest BCUT2D eigenvalue weighted by Crippen LogP contribution is -2.39. The monoisotopic (exact) mass is 342 g/mol. The van der Waals surface area contributed by atoms with Crippen LogP contribution in [-0.4, -0.2) is 22.4 Å². The lowest BCUT2D eigenvalue weighted by molar-refractivity contribution is 0.223. The molecular weight excluding hydrogens is 316 g/mol. The van der Waals surface area contributed by atoms with E-state index in [0.717, 1.165) is 41.8 Å². The van der Waals surface area contributed by atoms with Gasteiger partial charge >= 0.3 is 6.03 Å². The van der Waals surface area contributed by atoms with E-state index in [9.17, 15) is 4.79 Å². The topological polar surface area (TPSA) is 68.2 Å². The van der Waals surface area contributed by atoms with Crippen LogP contribution in [0.5, 0.6) is 5.75 Å². The number of carbonyl (C=O) groups excluding carboxylic acids is 1. The highest BCUT2D eigenvalue weighted by atomic mass is 16.5. The molecule has 6 heteroatoms. The Balaban J connectivity index is 1.65. The van der Waals surface area contributed by atoms with Crippen LogP contribution in [0.1, 0.15) is 48.8 Å². The van der Waals surface area contributed by atoms with Crippen LogP contribution in [0.15, 0.2) is 24.3 Å². The molecule has 2 N–H and O–H groups in total. The maximum absolute atomic E-state index is 12.4. The summed E-state index contributed by atoms with van der Waals surface area (Å²) in [6, 6.07) is 7.69. The number of nitrogens with one attached hydrogen (secondary N) is 2. The third-order valence-corrected chi connectivity index (χ3v) is 4.72. The fraction of sp³-hybridized carbons (Fsp3) is 0.474. The quantitative estimate of drug-likeness (QED) is 0.878. The fourth-order valence-electron chi connectivity index (χ4n) is 3.46. The highest BCUT2D eigenvalue weighted by Gasteiger charge is 2.23. The van der Waals surface area contributed by atoms with E-state index in [2.05, 4.69) is 29.6 Å². The summed E-state index contributed by atoms with van der Waals surface area (Å²) in [6.45, 7) is 5.31. The van der Waals surface area contributed by atoms with Gasteiger partial charge in [-0.2, -0.15) is 5.10 Å². The number of nitrogens with zero attached hydrogens (tertiary/aromatic N) is 2. The van der Waals surface area contributed by atoms with Crippen LogP contribution in [-0.2, 0) is 26.4 Å². The minimum atomic E-state index is -0.158. The summed E-state index contributed by atoms with van der Waals surface area (Å²) in [4.78, 5) is 12.4. The Morgan fingerprint density at radius 3 is 2.88 bits per heavy atom. The van der Waals surface area contributed by atoms with E-state index in [1.807, 2.05) is 36.0 Å². The molecule has 3 rings (SSSR count). The number of hydrogen-bond donors (Lipinski definition) is 2. The molecule has 1 aromatic heterocycles. The first-order chi connectivity index (χ1) is 12.1. The summed E-state index contributed by atoms with van der Waals surface area (Å²) in [5.41, 5.74) is 4.40. The first kappa shape index (κ1) is 17.3. The molecule has 0 saturated heterocycles. The van der Waals surface area contributed by atoms with Gasteiger partial charge in [0.15, 0.2) is 0 Å². The average Bonchev–Trinajstić information content (AvgIpc) is 2.95. The minimum Gasteiger partial charge on any atom is -0.493 e. The maximum atomic E-state index is 12.4. The zero-order valence-electron chi connectivity index (χ0n) is 15.1. The van der Waals surface area contributed by atoms with E-state index >= 15 is 0 Å². The molecule has 0 saturated carbocycles. The number of rotatable bonds is 5. The molecule has 0 aliphatic carbocycles. The van der Waals surface area contributed by atoms with Crippen LogP contribution in [0, 0.1) is 0 Å². The number of fused-ring (bicyclic) bond motifs is 1. The molecule has 0 fully saturated rings. The third-order valence-electron chi connectivity index (χ3n) is 4.72. The molecule has 6 nitrogen and oxygen atoms in total. The molecule has 2 heterocycles. The summed E-state index contributed by atoms with van der Waals surface area (Å²) < 4.78 is 7.56. The molecule has 134 valence electrons. The van der Waals surface area contributed by atoms with E-state index in [-0.39, 0.29) is 12.1 Å². The maximum Gasteiger partial charge on any atom is 0.315 e. The van der Waals surface area contributed by atoms with E-state index < -0.39 is 0 Å². The van der Waals surface area contributed by atoms with Crippen LogP contribution in [0.25, 0.3) is 0 Å². The largest absolute Gasteiger partial charge is 0.493 e. The number of carbonyl (C=O) groups is 1. The van der Waals surface area contributed by atoms with Gasteiger partial charge in [-0.1, -0.05) is 32.0 Å². The Labute approximate surface area is 148 Å². The highest BCUT2D eigenvalue weighted by molar-refractivity contribution is 5.74. The molecule has 25 heavy (non-hydrogen) atoms. The normalized spacial score (nSPS) is 16.0. The van der Waals surface area contributed by atoms with Gasteiger partial charge in [0.05, 0.1) is 18.3 Å². The van der Waals surface area contributed by atoms with Gasteiger partial charge in [0.2, 0.25) is 0 Å². The van der Waals surface area contributed by atoms with Crippen molar-refractivity contribution in [2.24, 2.45) is 7.05 Å². The molecular formula is C19H26N4O2. The number of benzene rings is 1. The predicted molar refractivity (Wildman–Crippen MR) is 96.6 cm³/mol. The van der Waals surface area contributed by atoms with Crippen molar-refractivity contribution < 1.29 is 9.53 Å². The molecule has 1 aliphatic rings. The van der Waals surface area contributed by atoms with Crippen molar-refractivity contribution in [3.63, 3.8) is 0 Å². The van der Waals surface area contributed by atoms with E-state index in [1.165, 1.54) is 5.69 Å². The van der Waals surface area contributed by atoms with Crippen molar-refractivity contribution in [2.45, 2.75) is 45.7 Å². The number of para-hydroxylation sites is 1. The first-order valence-corrected chi connectivity index (χ1v) is 8.93. The molecule has 0 unspecified atom stereocenters. The molecule has 2 aromatic rings. The molecule has 1 atom stereocenters. The van der Waals surface area contributed by atoms with Crippen LogP contribution in [0.3, 0.4) is 0 Å². The van der Waals surface area contributed by atoms with Gasteiger partial charge in [0.1, 0.15) is 5.75 Å². The average molecular weight is 342 g/mol. The number of aromatic nitrogens is 2. The van der Waals surface area contributed by atoms with Gasteiger partial charge in [-0.25, -0.2) is 4.79 Å². The zero-order valence-corrected chi connectivity index (χ0v) is 15.1. The van der Waals surface area contributed by atoms with Crippen molar-refractivity contribution in [1.29, 1.82) is 0 Å². The number of hydrogen-bond acceptors (Lipinski definition) is 3. The van der Waals surface area contributed by atoms with Gasteiger partial charge in [0, 0.05) is 36.8 Å². The fourth-order valence-corrected chi connectivity index (χ4v) is 3.46. The van der Waals surface area contributed by atoms with Gasteiger partial charge in [-0.05, 0) is 18.9 Å². The molecule has 1 aromatic carbocycles. The summed E-state index contributed by atoms with van der Waals surface area (Å²) in [5.74, 6) is 0.854. The Hall–Kier alpha value is -2.50. The van der Waals surface area contributed by atoms with Crippen LogP contribution < -0.4 is 15.4 Å². The number of urea groups is 1. The zero-order chi connectivity index (χ0) is 17.8. The van der Waals surface area contributed by atoms with Gasteiger partial charge in [0.25, 0.3) is 0 Å². The van der Waals surface area contributed by atoms with Crippen molar-refractivity contribution in [2.75, 3.05) is 6.61 Å². The standard InChI is InChI=1S/C19H26N4O2/c1-4-15-14(17(5-2)23(3)22-15)12-20-19(24)21-16-10-11-25-18-9-7-6-8-13(16)18/h6-9,16H,4-5,10-12H2,1-3H3,(H2,20,21,24)/t16-/m1/s1. The van der Waals surface area contributed by atoms with Crippen molar-refractivity contribution in [3.05, 3.63) is 46.8 Å². The van der Waals surface area contributed by atoms with E-state index in [4.69, 9.17) is 4.74 Å². The molecule has 0 bridgehead atoms. The molecule has 2 amide bonds. The van der Waals surface area contributed by atoms with Gasteiger partial charge in [-0.3, -0.25) is 4.68 Å². The summed E-state index contributed by atoms with van der Waals surface area (Å²) in [6.07, 6.45) is 2.53. The van der Waals surface area contributed by atoms with Crippen LogP contribution in [0.2, 0.25) is 0 Å². The Morgan fingerprint density at radius 2 is 2.12 bits per heavy atom. The van der Waals surface area contributed by atoms with Crippen molar-refractivity contribution in [1.82, 2.24) is 20.4 Å². The summed E-state index contributed by atoms with van der Waals surface area (Å²) in [7, 11) is 1.96. The molecule has 0 radical (unpaired) electrons. The number of amides is 2. The second-order valence-electron chi connectivity index (χ2n) is 6.26. The second kappa shape index (κ2) is 7.59. The first-order valence-electron chi connectivity index (χ1n) is 8.93. The molecule has 1 aliphatic heterocycles. The Morgan fingerprint density at radius 1 is 1.32 bits per heavy atom. The van der Waals surface area contributed by atoms with E-state index in [0.29, 0.717) is 13.2 Å². The SMILES string of the molecule is CCc1nn(C)c(CC)c1CNC(=O)N[C@@H]1CCOc2ccccc21.